The van der Waals surface area contributed by atoms with Crippen molar-refractivity contribution in [3.63, 3.8) is 0 Å². The number of phenolic OH excluding ortho intramolecular Hbond substituents is 3. The van der Waals surface area contributed by atoms with Crippen LogP contribution in [0.1, 0.15) is 35.3 Å². The third-order valence-corrected chi connectivity index (χ3v) is 4.71. The van der Waals surface area contributed by atoms with Crippen LogP contribution in [0, 0.1) is 0 Å². The normalized spacial score (nSPS) is 18.2. The summed E-state index contributed by atoms with van der Waals surface area (Å²) in [6.45, 7) is 3.38. The summed E-state index contributed by atoms with van der Waals surface area (Å²) in [6, 6.07) is 4.97. The van der Waals surface area contributed by atoms with E-state index in [1.807, 2.05) is 19.9 Å². The average Bonchev–Trinajstić information content (AvgIpc) is 2.62. The molecule has 4 N–H and O–H groups in total. The Hall–Kier alpha value is -3.19. The van der Waals surface area contributed by atoms with Gasteiger partial charge < -0.3 is 29.9 Å². The highest BCUT2D eigenvalue weighted by atomic mass is 16.5. The summed E-state index contributed by atoms with van der Waals surface area (Å²) in [5, 5.41) is 41.2. The molecule has 7 nitrogen and oxygen atoms in total. The zero-order valence-electron chi connectivity index (χ0n) is 15.8. The summed E-state index contributed by atoms with van der Waals surface area (Å²) in [7, 11) is 1.38. The van der Waals surface area contributed by atoms with Crippen molar-refractivity contribution in [2.45, 2.75) is 25.9 Å². The largest absolute Gasteiger partial charge is 0.508 e. The second-order valence-electron chi connectivity index (χ2n) is 6.95. The SMILES string of the molecule is COc1c(C2(O)COc3cc(O)cc(O)c3C2=O)ccc(O)c1CC=C(C)C. The lowest BCUT2D eigenvalue weighted by Crippen LogP contribution is -2.45. The minimum Gasteiger partial charge on any atom is -0.508 e. The van der Waals surface area contributed by atoms with Gasteiger partial charge >= 0.3 is 0 Å². The Morgan fingerprint density at radius 2 is 1.93 bits per heavy atom. The van der Waals surface area contributed by atoms with Gasteiger partial charge in [0.25, 0.3) is 0 Å². The molecule has 2 aromatic carbocycles. The number of ether oxygens (including phenoxy) is 2. The first kappa shape index (κ1) is 19.6. The van der Waals surface area contributed by atoms with E-state index < -0.39 is 23.7 Å². The topological polar surface area (TPSA) is 116 Å². The molecule has 1 aliphatic heterocycles. The smallest absolute Gasteiger partial charge is 0.210 e. The Morgan fingerprint density at radius 3 is 2.57 bits per heavy atom. The van der Waals surface area contributed by atoms with Crippen LogP contribution < -0.4 is 9.47 Å². The molecule has 0 aromatic heterocycles. The van der Waals surface area contributed by atoms with Crippen molar-refractivity contribution in [3.8, 4) is 28.7 Å². The second-order valence-corrected chi connectivity index (χ2v) is 6.95. The minimum absolute atomic E-state index is 0.0188. The lowest BCUT2D eigenvalue weighted by Gasteiger charge is -2.34. The lowest BCUT2D eigenvalue weighted by molar-refractivity contribution is -0.00680. The summed E-state index contributed by atoms with van der Waals surface area (Å²) < 4.78 is 10.9. The van der Waals surface area contributed by atoms with Crippen molar-refractivity contribution >= 4 is 5.78 Å². The van der Waals surface area contributed by atoms with E-state index in [-0.39, 0.29) is 34.1 Å². The van der Waals surface area contributed by atoms with Gasteiger partial charge in [-0.25, -0.2) is 0 Å². The van der Waals surface area contributed by atoms with Gasteiger partial charge in [-0.05, 0) is 32.4 Å². The molecule has 0 radical (unpaired) electrons. The molecule has 28 heavy (non-hydrogen) atoms. The molecule has 0 spiro atoms. The molecule has 1 unspecified atom stereocenters. The molecule has 0 amide bonds. The molecule has 1 aliphatic rings. The molecule has 0 aliphatic carbocycles. The van der Waals surface area contributed by atoms with Crippen molar-refractivity contribution in [2.24, 2.45) is 0 Å². The van der Waals surface area contributed by atoms with Gasteiger partial charge in [-0.1, -0.05) is 11.6 Å². The van der Waals surface area contributed by atoms with Crippen LogP contribution in [0.4, 0.5) is 0 Å². The van der Waals surface area contributed by atoms with Crippen LogP contribution >= 0.6 is 0 Å². The van der Waals surface area contributed by atoms with Gasteiger partial charge in [-0.2, -0.15) is 0 Å². The first-order chi connectivity index (χ1) is 13.2. The maximum atomic E-state index is 13.1. The van der Waals surface area contributed by atoms with Crippen LogP contribution in [-0.2, 0) is 12.0 Å². The van der Waals surface area contributed by atoms with Gasteiger partial charge in [0, 0.05) is 23.3 Å². The number of hydrogen-bond donors (Lipinski definition) is 4. The first-order valence-electron chi connectivity index (χ1n) is 8.67. The number of benzene rings is 2. The summed E-state index contributed by atoms with van der Waals surface area (Å²) in [5.41, 5.74) is -0.801. The van der Waals surface area contributed by atoms with Crippen molar-refractivity contribution < 1.29 is 34.7 Å². The molecule has 2 aromatic rings. The molecule has 0 fully saturated rings. The predicted molar refractivity (Wildman–Crippen MR) is 101 cm³/mol. The number of phenols is 3. The van der Waals surface area contributed by atoms with Crippen molar-refractivity contribution in [1.29, 1.82) is 0 Å². The van der Waals surface area contributed by atoms with E-state index in [4.69, 9.17) is 9.47 Å². The number of hydrogen-bond acceptors (Lipinski definition) is 7. The number of aromatic hydroxyl groups is 3. The first-order valence-corrected chi connectivity index (χ1v) is 8.67. The van der Waals surface area contributed by atoms with Crippen molar-refractivity contribution in [3.05, 3.63) is 52.6 Å². The van der Waals surface area contributed by atoms with E-state index >= 15 is 0 Å². The average molecular weight is 386 g/mol. The highest BCUT2D eigenvalue weighted by molar-refractivity contribution is 6.08. The van der Waals surface area contributed by atoms with Gasteiger partial charge in [-0.15, -0.1) is 0 Å². The summed E-state index contributed by atoms with van der Waals surface area (Å²) >= 11 is 0. The number of rotatable bonds is 4. The van der Waals surface area contributed by atoms with Crippen LogP contribution in [0.2, 0.25) is 0 Å². The Labute approximate surface area is 162 Å². The van der Waals surface area contributed by atoms with Crippen LogP contribution in [0.5, 0.6) is 28.7 Å². The number of allylic oxidation sites excluding steroid dienone is 2. The number of fused-ring (bicyclic) bond motifs is 1. The molecule has 0 saturated heterocycles. The van der Waals surface area contributed by atoms with Crippen LogP contribution in [0.3, 0.4) is 0 Å². The standard InChI is InChI=1S/C21H22O7/c1-11(2)4-5-13-15(23)7-6-14(19(13)27-3)21(26)10-28-17-9-12(22)8-16(24)18(17)20(21)25/h4,6-9,22-24,26H,5,10H2,1-3H3. The quantitative estimate of drug-likeness (QED) is 0.597. The third kappa shape index (κ3) is 3.14. The maximum Gasteiger partial charge on any atom is 0.210 e. The molecular formula is C21H22O7. The minimum atomic E-state index is -2.14. The Kier molecular flexibility index (Phi) is 4.95. The predicted octanol–water partition coefficient (Wildman–Crippen LogP) is 2.78. The van der Waals surface area contributed by atoms with Gasteiger partial charge in [0.1, 0.15) is 40.9 Å². The fourth-order valence-electron chi connectivity index (χ4n) is 3.26. The Morgan fingerprint density at radius 1 is 1.21 bits per heavy atom. The second kappa shape index (κ2) is 7.09. The van der Waals surface area contributed by atoms with E-state index in [0.717, 1.165) is 11.6 Å². The molecule has 0 saturated carbocycles. The highest BCUT2D eigenvalue weighted by Gasteiger charge is 2.48. The molecule has 148 valence electrons. The fraction of sp³-hybridized carbons (Fsp3) is 0.286. The highest BCUT2D eigenvalue weighted by Crippen LogP contribution is 2.46. The number of aliphatic hydroxyl groups is 1. The van der Waals surface area contributed by atoms with Crippen LogP contribution in [0.15, 0.2) is 35.9 Å². The monoisotopic (exact) mass is 386 g/mol. The van der Waals surface area contributed by atoms with Crippen LogP contribution in [0.25, 0.3) is 0 Å². The number of ketones is 1. The molecule has 0 bridgehead atoms. The van der Waals surface area contributed by atoms with Gasteiger partial charge in [0.15, 0.2) is 5.60 Å². The van der Waals surface area contributed by atoms with E-state index in [1.54, 1.807) is 0 Å². The van der Waals surface area contributed by atoms with Crippen LogP contribution in [-0.4, -0.2) is 39.9 Å². The third-order valence-electron chi connectivity index (χ3n) is 4.71. The Balaban J connectivity index is 2.16. The van der Waals surface area contributed by atoms with E-state index in [9.17, 15) is 25.2 Å². The molecule has 7 heteroatoms. The molecule has 3 rings (SSSR count). The van der Waals surface area contributed by atoms with E-state index in [0.29, 0.717) is 12.0 Å². The molecule has 1 heterocycles. The maximum absolute atomic E-state index is 13.1. The number of carbonyl (C=O) groups is 1. The van der Waals surface area contributed by atoms with Gasteiger partial charge in [-0.3, -0.25) is 4.79 Å². The van der Waals surface area contributed by atoms with E-state index in [2.05, 4.69) is 0 Å². The lowest BCUT2D eigenvalue weighted by atomic mass is 9.82. The molecular weight excluding hydrogens is 364 g/mol. The summed E-state index contributed by atoms with van der Waals surface area (Å²) in [5.74, 6) is -1.43. The van der Waals surface area contributed by atoms with Gasteiger partial charge in [0.05, 0.1) is 7.11 Å². The number of Topliss-reactive ketones (excluding diaryl/α,β-unsaturated/α-hetero) is 1. The fourth-order valence-corrected chi connectivity index (χ4v) is 3.26. The van der Waals surface area contributed by atoms with Crippen molar-refractivity contribution in [2.75, 3.05) is 13.7 Å². The summed E-state index contributed by atoms with van der Waals surface area (Å²) in [4.78, 5) is 13.1. The number of methoxy groups -OCH3 is 1. The zero-order valence-corrected chi connectivity index (χ0v) is 15.8. The number of carbonyl (C=O) groups excluding carboxylic acids is 1. The van der Waals surface area contributed by atoms with Crippen molar-refractivity contribution in [1.82, 2.24) is 0 Å². The Bertz CT molecular complexity index is 973. The summed E-state index contributed by atoms with van der Waals surface area (Å²) in [6.07, 6.45) is 2.22. The molecule has 1 atom stereocenters. The van der Waals surface area contributed by atoms with E-state index in [1.165, 1.54) is 25.3 Å². The zero-order chi connectivity index (χ0) is 20.6. The van der Waals surface area contributed by atoms with Gasteiger partial charge in [0.2, 0.25) is 5.78 Å².